The Labute approximate surface area is 220 Å². The summed E-state index contributed by atoms with van der Waals surface area (Å²) in [4.78, 5) is 27.1. The van der Waals surface area contributed by atoms with Crippen LogP contribution >= 0.6 is 23.2 Å². The fourth-order valence-corrected chi connectivity index (χ4v) is 5.52. The first kappa shape index (κ1) is 24.7. The molecule has 0 bridgehead atoms. The quantitative estimate of drug-likeness (QED) is 0.344. The molecule has 1 aliphatic carbocycles. The van der Waals surface area contributed by atoms with E-state index >= 15 is 0 Å². The smallest absolute Gasteiger partial charge is 0.336 e. The number of rotatable bonds is 6. The van der Waals surface area contributed by atoms with Crippen LogP contribution in [0.3, 0.4) is 0 Å². The molecule has 0 fully saturated rings. The Hall–Kier alpha value is -2.96. The van der Waals surface area contributed by atoms with E-state index in [0.29, 0.717) is 63.4 Å². The van der Waals surface area contributed by atoms with Gasteiger partial charge in [0.25, 0.3) is 0 Å². The number of carbonyl (C=O) groups is 2. The first-order valence-electron chi connectivity index (χ1n) is 12.1. The Morgan fingerprint density at radius 2 is 1.83 bits per heavy atom. The number of halogens is 2. The topological polar surface area (TPSA) is 73.9 Å². The molecule has 0 saturated heterocycles. The van der Waals surface area contributed by atoms with Gasteiger partial charge in [-0.15, -0.1) is 0 Å². The van der Waals surface area contributed by atoms with Gasteiger partial charge in [-0.2, -0.15) is 0 Å². The molecule has 188 valence electrons. The molecule has 36 heavy (non-hydrogen) atoms. The van der Waals surface area contributed by atoms with E-state index in [1.54, 1.807) is 12.1 Å². The van der Waals surface area contributed by atoms with Crippen molar-refractivity contribution in [2.75, 3.05) is 13.4 Å². The lowest BCUT2D eigenvalue weighted by atomic mass is 9.71. The molecule has 2 atom stereocenters. The van der Waals surface area contributed by atoms with Gasteiger partial charge in [0.2, 0.25) is 6.79 Å². The lowest BCUT2D eigenvalue weighted by Gasteiger charge is -2.37. The predicted octanol–water partition coefficient (Wildman–Crippen LogP) is 6.43. The van der Waals surface area contributed by atoms with Crippen molar-refractivity contribution in [2.45, 2.75) is 51.4 Å². The molecule has 3 aliphatic rings. The first-order chi connectivity index (χ1) is 17.4. The van der Waals surface area contributed by atoms with Crippen molar-refractivity contribution in [2.24, 2.45) is 0 Å². The van der Waals surface area contributed by atoms with Crippen molar-refractivity contribution in [3.63, 3.8) is 0 Å². The van der Waals surface area contributed by atoms with E-state index in [-0.39, 0.29) is 18.5 Å². The summed E-state index contributed by atoms with van der Waals surface area (Å²) in [5.41, 5.74) is 4.06. The second kappa shape index (κ2) is 10.2. The monoisotopic (exact) mass is 527 g/mol. The average molecular weight is 528 g/mol. The molecule has 0 amide bonds. The molecule has 2 aromatic carbocycles. The minimum absolute atomic E-state index is 0.000233. The number of allylic oxidation sites excluding steroid dienone is 3. The van der Waals surface area contributed by atoms with Crippen LogP contribution in [0.1, 0.15) is 62.5 Å². The van der Waals surface area contributed by atoms with Crippen molar-refractivity contribution in [1.29, 1.82) is 0 Å². The van der Waals surface area contributed by atoms with Crippen LogP contribution in [0.2, 0.25) is 10.0 Å². The normalized spacial score (nSPS) is 20.8. The van der Waals surface area contributed by atoms with Gasteiger partial charge in [-0.3, -0.25) is 4.79 Å². The Kier molecular flexibility index (Phi) is 7.00. The Bertz CT molecular complexity index is 1280. The summed E-state index contributed by atoms with van der Waals surface area (Å²) in [5, 5.41) is 4.42. The molecule has 5 rings (SSSR count). The SMILES string of the molecule is CCCCOC(=O)C1=C(C)NC2=C(C(=O)C[C@@H](c3ccc(Cl)cc3)C2)[C@@H]1c1cc2c(cc1Cl)OCO2. The Morgan fingerprint density at radius 3 is 2.56 bits per heavy atom. The number of hydrogen-bond donors (Lipinski definition) is 1. The van der Waals surface area contributed by atoms with Gasteiger partial charge in [0.1, 0.15) is 0 Å². The maximum absolute atomic E-state index is 13.7. The summed E-state index contributed by atoms with van der Waals surface area (Å²) >= 11 is 12.8. The number of fused-ring (bicyclic) bond motifs is 1. The second-order valence-corrected chi connectivity index (χ2v) is 10.1. The highest BCUT2D eigenvalue weighted by Crippen LogP contribution is 2.49. The van der Waals surface area contributed by atoms with Gasteiger partial charge in [-0.25, -0.2) is 4.79 Å². The minimum Gasteiger partial charge on any atom is -0.462 e. The summed E-state index contributed by atoms with van der Waals surface area (Å²) in [6, 6.07) is 11.0. The van der Waals surface area contributed by atoms with Crippen molar-refractivity contribution >= 4 is 35.0 Å². The molecule has 0 aromatic heterocycles. The van der Waals surface area contributed by atoms with Crippen LogP contribution in [-0.4, -0.2) is 25.2 Å². The highest BCUT2D eigenvalue weighted by atomic mass is 35.5. The van der Waals surface area contributed by atoms with Gasteiger partial charge in [0, 0.05) is 45.4 Å². The van der Waals surface area contributed by atoms with E-state index in [0.717, 1.165) is 24.1 Å². The zero-order valence-electron chi connectivity index (χ0n) is 20.2. The van der Waals surface area contributed by atoms with Gasteiger partial charge >= 0.3 is 5.97 Å². The summed E-state index contributed by atoms with van der Waals surface area (Å²) in [6.45, 7) is 4.28. The maximum Gasteiger partial charge on any atom is 0.336 e. The number of Topliss-reactive ketones (excluding diaryl/α,β-unsaturated/α-hetero) is 1. The molecular formula is C28H27Cl2NO5. The van der Waals surface area contributed by atoms with E-state index in [2.05, 4.69) is 5.32 Å². The van der Waals surface area contributed by atoms with E-state index in [9.17, 15) is 9.59 Å². The molecule has 1 N–H and O–H groups in total. The minimum atomic E-state index is -0.670. The second-order valence-electron chi connectivity index (χ2n) is 9.29. The number of dihydropyridines is 1. The van der Waals surface area contributed by atoms with Gasteiger partial charge < -0.3 is 19.5 Å². The zero-order chi connectivity index (χ0) is 25.4. The first-order valence-corrected chi connectivity index (χ1v) is 12.9. The number of unbranched alkanes of at least 4 members (excludes halogenated alkanes) is 1. The molecule has 0 saturated carbocycles. The predicted molar refractivity (Wildman–Crippen MR) is 137 cm³/mol. The standard InChI is InChI=1S/C28H27Cl2NO5/c1-3-4-9-34-28(33)25-15(2)31-21-10-17(16-5-7-18(29)8-6-16)11-22(32)27(21)26(25)19-12-23-24(13-20(19)30)36-14-35-23/h5-8,12-13,17,26,31H,3-4,9-11,14H2,1-2H3/t17-,26+/m0/s1. The number of hydrogen-bond acceptors (Lipinski definition) is 6. The Morgan fingerprint density at radius 1 is 1.11 bits per heavy atom. The van der Waals surface area contributed by atoms with Crippen LogP contribution in [0, 0.1) is 0 Å². The number of ketones is 1. The molecule has 2 heterocycles. The average Bonchev–Trinajstić information content (AvgIpc) is 3.30. The summed E-state index contributed by atoms with van der Waals surface area (Å²) in [5.74, 6) is -0.0814. The van der Waals surface area contributed by atoms with E-state index in [4.69, 9.17) is 37.4 Å². The van der Waals surface area contributed by atoms with Gasteiger partial charge in [-0.1, -0.05) is 48.7 Å². The van der Waals surface area contributed by atoms with Crippen LogP contribution in [-0.2, 0) is 14.3 Å². The molecule has 2 aliphatic heterocycles. The van der Waals surface area contributed by atoms with Crippen molar-refractivity contribution < 1.29 is 23.8 Å². The van der Waals surface area contributed by atoms with E-state index in [1.807, 2.05) is 38.1 Å². The molecule has 2 aromatic rings. The van der Waals surface area contributed by atoms with E-state index in [1.165, 1.54) is 0 Å². The number of carbonyl (C=O) groups excluding carboxylic acids is 2. The number of ether oxygens (including phenoxy) is 3. The van der Waals surface area contributed by atoms with Crippen LogP contribution < -0.4 is 14.8 Å². The molecular weight excluding hydrogens is 501 g/mol. The largest absolute Gasteiger partial charge is 0.462 e. The molecule has 0 spiro atoms. The van der Waals surface area contributed by atoms with Crippen LogP contribution in [0.25, 0.3) is 0 Å². The van der Waals surface area contributed by atoms with Crippen molar-refractivity contribution in [3.05, 3.63) is 80.1 Å². The molecule has 0 unspecified atom stereocenters. The molecule has 8 heteroatoms. The van der Waals surface area contributed by atoms with Gasteiger partial charge in [-0.05, 0) is 55.0 Å². The third-order valence-electron chi connectivity index (χ3n) is 6.92. The summed E-state index contributed by atoms with van der Waals surface area (Å²) in [6.07, 6.45) is 2.60. The molecule has 0 radical (unpaired) electrons. The van der Waals surface area contributed by atoms with Gasteiger partial charge in [0.05, 0.1) is 12.2 Å². The van der Waals surface area contributed by atoms with Crippen molar-refractivity contribution in [1.82, 2.24) is 5.32 Å². The summed E-state index contributed by atoms with van der Waals surface area (Å²) < 4.78 is 16.7. The fourth-order valence-electron chi connectivity index (χ4n) is 5.13. The molecule has 6 nitrogen and oxygen atoms in total. The third kappa shape index (κ3) is 4.60. The zero-order valence-corrected chi connectivity index (χ0v) is 21.7. The lowest BCUT2D eigenvalue weighted by molar-refractivity contribution is -0.139. The van der Waals surface area contributed by atoms with E-state index < -0.39 is 11.9 Å². The number of nitrogens with one attached hydrogen (secondary N) is 1. The highest BCUT2D eigenvalue weighted by molar-refractivity contribution is 6.32. The van der Waals surface area contributed by atoms with Crippen LogP contribution in [0.5, 0.6) is 11.5 Å². The van der Waals surface area contributed by atoms with Gasteiger partial charge in [0.15, 0.2) is 17.3 Å². The highest BCUT2D eigenvalue weighted by Gasteiger charge is 2.42. The number of esters is 1. The van der Waals surface area contributed by atoms with Crippen LogP contribution in [0.15, 0.2) is 58.9 Å². The Balaban J connectivity index is 1.58. The summed E-state index contributed by atoms with van der Waals surface area (Å²) in [7, 11) is 0. The third-order valence-corrected chi connectivity index (χ3v) is 7.50. The van der Waals surface area contributed by atoms with Crippen molar-refractivity contribution in [3.8, 4) is 11.5 Å². The fraction of sp³-hybridized carbons (Fsp3) is 0.357. The maximum atomic E-state index is 13.7. The number of benzene rings is 2. The van der Waals surface area contributed by atoms with Crippen LogP contribution in [0.4, 0.5) is 0 Å². The lowest BCUT2D eigenvalue weighted by Crippen LogP contribution is -2.36.